The Morgan fingerprint density at radius 2 is 2.29 bits per heavy atom. The summed E-state index contributed by atoms with van der Waals surface area (Å²) in [6.45, 7) is 4.24. The van der Waals surface area contributed by atoms with Gasteiger partial charge in [0.1, 0.15) is 0 Å². The van der Waals surface area contributed by atoms with Crippen LogP contribution >= 0.6 is 15.9 Å². The smallest absolute Gasteiger partial charge is 0.151 e. The van der Waals surface area contributed by atoms with Crippen molar-refractivity contribution in [3.8, 4) is 0 Å². The van der Waals surface area contributed by atoms with Crippen molar-refractivity contribution in [2.75, 3.05) is 23.3 Å². The molecule has 0 saturated heterocycles. The van der Waals surface area contributed by atoms with Gasteiger partial charge in [-0.25, -0.2) is 0 Å². The number of aromatic nitrogens is 2. The minimum atomic E-state index is 0.966. The van der Waals surface area contributed by atoms with Gasteiger partial charge in [-0.05, 0) is 18.6 Å². The van der Waals surface area contributed by atoms with Crippen LogP contribution < -0.4 is 4.90 Å². The van der Waals surface area contributed by atoms with E-state index in [4.69, 9.17) is 0 Å². The Balaban J connectivity index is 2.58. The van der Waals surface area contributed by atoms with Crippen molar-refractivity contribution >= 4 is 21.7 Å². The van der Waals surface area contributed by atoms with Crippen LogP contribution in [0.4, 0.5) is 5.82 Å². The standard InChI is InChI=1S/C10H16BrN3/c1-2-3-8-14(9-6-11)10-5-4-7-12-13-10/h4-5,7H,2-3,6,8-9H2,1H3. The zero-order chi connectivity index (χ0) is 10.2. The first-order chi connectivity index (χ1) is 6.88. The molecule has 1 aromatic heterocycles. The first-order valence-electron chi connectivity index (χ1n) is 4.97. The molecule has 78 valence electrons. The minimum absolute atomic E-state index is 0.966. The third-order valence-electron chi connectivity index (χ3n) is 2.02. The molecule has 1 aromatic rings. The molecule has 0 atom stereocenters. The minimum Gasteiger partial charge on any atom is -0.354 e. The average Bonchev–Trinajstić information content (AvgIpc) is 2.25. The van der Waals surface area contributed by atoms with E-state index < -0.39 is 0 Å². The molecule has 0 radical (unpaired) electrons. The second-order valence-corrected chi connectivity index (χ2v) is 3.90. The van der Waals surface area contributed by atoms with Crippen molar-refractivity contribution in [1.29, 1.82) is 0 Å². The number of nitrogens with zero attached hydrogens (tertiary/aromatic N) is 3. The Kier molecular flexibility index (Phi) is 5.52. The van der Waals surface area contributed by atoms with Crippen molar-refractivity contribution in [1.82, 2.24) is 10.2 Å². The number of anilines is 1. The molecular formula is C10H16BrN3. The molecule has 0 saturated carbocycles. The van der Waals surface area contributed by atoms with E-state index in [1.807, 2.05) is 12.1 Å². The normalized spacial score (nSPS) is 10.1. The summed E-state index contributed by atoms with van der Waals surface area (Å²) in [6.07, 6.45) is 4.11. The van der Waals surface area contributed by atoms with Gasteiger partial charge in [0.15, 0.2) is 5.82 Å². The lowest BCUT2D eigenvalue weighted by Crippen LogP contribution is -2.27. The van der Waals surface area contributed by atoms with Gasteiger partial charge < -0.3 is 4.90 Å². The highest BCUT2D eigenvalue weighted by atomic mass is 79.9. The molecule has 0 N–H and O–H groups in total. The van der Waals surface area contributed by atoms with Crippen molar-refractivity contribution in [2.45, 2.75) is 19.8 Å². The lowest BCUT2D eigenvalue weighted by atomic mass is 10.3. The van der Waals surface area contributed by atoms with Gasteiger partial charge in [0.2, 0.25) is 0 Å². The van der Waals surface area contributed by atoms with Crippen LogP contribution in [0.1, 0.15) is 19.8 Å². The van der Waals surface area contributed by atoms with E-state index >= 15 is 0 Å². The quantitative estimate of drug-likeness (QED) is 0.734. The van der Waals surface area contributed by atoms with Gasteiger partial charge in [0, 0.05) is 24.6 Å². The summed E-state index contributed by atoms with van der Waals surface area (Å²) in [5.41, 5.74) is 0. The van der Waals surface area contributed by atoms with Crippen molar-refractivity contribution in [3.63, 3.8) is 0 Å². The maximum atomic E-state index is 4.11. The molecule has 1 heterocycles. The number of hydrogen-bond acceptors (Lipinski definition) is 3. The fraction of sp³-hybridized carbons (Fsp3) is 0.600. The second-order valence-electron chi connectivity index (χ2n) is 3.11. The predicted octanol–water partition coefficient (Wildman–Crippen LogP) is 2.48. The number of unbranched alkanes of at least 4 members (excludes halogenated alkanes) is 1. The summed E-state index contributed by atoms with van der Waals surface area (Å²) >= 11 is 3.45. The molecular weight excluding hydrogens is 242 g/mol. The molecule has 0 aliphatic heterocycles. The molecule has 0 aliphatic carbocycles. The molecule has 1 rings (SSSR count). The van der Waals surface area contributed by atoms with Crippen LogP contribution in [-0.2, 0) is 0 Å². The van der Waals surface area contributed by atoms with Crippen LogP contribution in [-0.4, -0.2) is 28.6 Å². The Morgan fingerprint density at radius 3 is 2.86 bits per heavy atom. The summed E-state index contributed by atoms with van der Waals surface area (Å²) in [5, 5.41) is 8.96. The second kappa shape index (κ2) is 6.76. The van der Waals surface area contributed by atoms with E-state index in [-0.39, 0.29) is 0 Å². The molecule has 0 bridgehead atoms. The molecule has 0 spiro atoms. The molecule has 0 unspecified atom stereocenters. The van der Waals surface area contributed by atoms with Gasteiger partial charge in [-0.2, -0.15) is 5.10 Å². The first kappa shape index (κ1) is 11.4. The SMILES string of the molecule is CCCCN(CCBr)c1cccnn1. The molecule has 4 heteroatoms. The molecule has 14 heavy (non-hydrogen) atoms. The van der Waals surface area contributed by atoms with Gasteiger partial charge in [-0.1, -0.05) is 29.3 Å². The highest BCUT2D eigenvalue weighted by molar-refractivity contribution is 9.09. The fourth-order valence-corrected chi connectivity index (χ4v) is 1.68. The van der Waals surface area contributed by atoms with Gasteiger partial charge in [0.05, 0.1) is 0 Å². The topological polar surface area (TPSA) is 29.0 Å². The average molecular weight is 258 g/mol. The van der Waals surface area contributed by atoms with Crippen LogP contribution in [0.3, 0.4) is 0 Å². The highest BCUT2D eigenvalue weighted by Gasteiger charge is 2.05. The fourth-order valence-electron chi connectivity index (χ4n) is 1.25. The summed E-state index contributed by atoms with van der Waals surface area (Å²) in [7, 11) is 0. The molecule has 0 aliphatic rings. The maximum Gasteiger partial charge on any atom is 0.151 e. The molecule has 3 nitrogen and oxygen atoms in total. The number of halogens is 1. The third kappa shape index (κ3) is 3.62. The monoisotopic (exact) mass is 257 g/mol. The van der Waals surface area contributed by atoms with E-state index in [1.54, 1.807) is 6.20 Å². The van der Waals surface area contributed by atoms with Crippen LogP contribution in [0.15, 0.2) is 18.3 Å². The molecule has 0 amide bonds. The Bertz CT molecular complexity index is 240. The summed E-state index contributed by atoms with van der Waals surface area (Å²) in [5.74, 6) is 0.973. The Morgan fingerprint density at radius 1 is 1.43 bits per heavy atom. The Hall–Kier alpha value is -0.640. The van der Waals surface area contributed by atoms with E-state index in [2.05, 4.69) is 38.0 Å². The first-order valence-corrected chi connectivity index (χ1v) is 6.09. The van der Waals surface area contributed by atoms with Crippen molar-refractivity contribution in [3.05, 3.63) is 18.3 Å². The van der Waals surface area contributed by atoms with Gasteiger partial charge in [-0.15, -0.1) is 5.10 Å². The summed E-state index contributed by atoms with van der Waals surface area (Å²) in [4.78, 5) is 2.26. The summed E-state index contributed by atoms with van der Waals surface area (Å²) in [6, 6.07) is 3.93. The van der Waals surface area contributed by atoms with Gasteiger partial charge in [0.25, 0.3) is 0 Å². The lowest BCUT2D eigenvalue weighted by Gasteiger charge is -2.21. The molecule has 0 fully saturated rings. The third-order valence-corrected chi connectivity index (χ3v) is 2.37. The number of rotatable bonds is 6. The van der Waals surface area contributed by atoms with Gasteiger partial charge >= 0.3 is 0 Å². The Labute approximate surface area is 93.7 Å². The van der Waals surface area contributed by atoms with E-state index in [9.17, 15) is 0 Å². The highest BCUT2D eigenvalue weighted by Crippen LogP contribution is 2.09. The number of alkyl halides is 1. The van der Waals surface area contributed by atoms with Crippen LogP contribution in [0.5, 0.6) is 0 Å². The maximum absolute atomic E-state index is 4.11. The largest absolute Gasteiger partial charge is 0.354 e. The predicted molar refractivity (Wildman–Crippen MR) is 62.9 cm³/mol. The van der Waals surface area contributed by atoms with E-state index in [0.29, 0.717) is 0 Å². The van der Waals surface area contributed by atoms with E-state index in [1.165, 1.54) is 12.8 Å². The zero-order valence-electron chi connectivity index (χ0n) is 8.49. The van der Waals surface area contributed by atoms with E-state index in [0.717, 1.165) is 24.2 Å². The molecule has 0 aromatic carbocycles. The van der Waals surface area contributed by atoms with Crippen molar-refractivity contribution in [2.24, 2.45) is 0 Å². The van der Waals surface area contributed by atoms with Crippen molar-refractivity contribution < 1.29 is 0 Å². The number of hydrogen-bond donors (Lipinski definition) is 0. The zero-order valence-corrected chi connectivity index (χ0v) is 10.1. The van der Waals surface area contributed by atoms with Crippen LogP contribution in [0.2, 0.25) is 0 Å². The van der Waals surface area contributed by atoms with Crippen LogP contribution in [0.25, 0.3) is 0 Å². The summed E-state index contributed by atoms with van der Waals surface area (Å²) < 4.78 is 0. The lowest BCUT2D eigenvalue weighted by molar-refractivity contribution is 0.721. The van der Waals surface area contributed by atoms with Gasteiger partial charge in [-0.3, -0.25) is 0 Å². The van der Waals surface area contributed by atoms with Crippen LogP contribution in [0, 0.1) is 0 Å².